The van der Waals surface area contributed by atoms with Crippen molar-refractivity contribution in [1.82, 2.24) is 5.32 Å². The quantitative estimate of drug-likeness (QED) is 0.903. The lowest BCUT2D eigenvalue weighted by atomic mass is 10.0. The first kappa shape index (κ1) is 12.4. The molecule has 0 radical (unpaired) electrons. The molecule has 0 unspecified atom stereocenters. The van der Waals surface area contributed by atoms with Gasteiger partial charge in [0.25, 0.3) is 0 Å². The van der Waals surface area contributed by atoms with E-state index in [-0.39, 0.29) is 0 Å². The van der Waals surface area contributed by atoms with E-state index in [1.807, 2.05) is 6.07 Å². The number of nitrogens with one attached hydrogen (secondary N) is 1. The van der Waals surface area contributed by atoms with Crippen molar-refractivity contribution in [2.75, 3.05) is 13.1 Å². The van der Waals surface area contributed by atoms with Gasteiger partial charge in [0.1, 0.15) is 0 Å². The van der Waals surface area contributed by atoms with Crippen LogP contribution in [0.2, 0.25) is 0 Å². The molecule has 1 aliphatic heterocycles. The van der Waals surface area contributed by atoms with E-state index in [0.717, 1.165) is 19.5 Å². The van der Waals surface area contributed by atoms with Crippen LogP contribution in [-0.4, -0.2) is 19.2 Å². The number of ether oxygens (including phenoxy) is 1. The molecule has 1 heterocycles. The van der Waals surface area contributed by atoms with Crippen LogP contribution in [0.1, 0.15) is 12.0 Å². The summed E-state index contributed by atoms with van der Waals surface area (Å²) in [5, 5.41) is 3.33. The lowest BCUT2D eigenvalue weighted by Crippen LogP contribution is -2.16. The normalized spacial score (nSPS) is 18.6. The molecular formula is C17H19NO. The van der Waals surface area contributed by atoms with Gasteiger partial charge in [-0.2, -0.15) is 0 Å². The van der Waals surface area contributed by atoms with Gasteiger partial charge >= 0.3 is 0 Å². The summed E-state index contributed by atoms with van der Waals surface area (Å²) >= 11 is 0. The van der Waals surface area contributed by atoms with Crippen LogP contribution in [0.25, 0.3) is 11.1 Å². The van der Waals surface area contributed by atoms with Gasteiger partial charge in [-0.25, -0.2) is 0 Å². The van der Waals surface area contributed by atoms with Gasteiger partial charge in [-0.05, 0) is 29.7 Å². The van der Waals surface area contributed by atoms with Crippen molar-refractivity contribution < 1.29 is 4.74 Å². The zero-order valence-corrected chi connectivity index (χ0v) is 11.0. The third-order valence-electron chi connectivity index (χ3n) is 3.59. The molecular weight excluding hydrogens is 234 g/mol. The van der Waals surface area contributed by atoms with Gasteiger partial charge in [0.15, 0.2) is 0 Å². The molecule has 19 heavy (non-hydrogen) atoms. The van der Waals surface area contributed by atoms with Gasteiger partial charge in [0.2, 0.25) is 0 Å². The lowest BCUT2D eigenvalue weighted by Gasteiger charge is -2.13. The van der Waals surface area contributed by atoms with Crippen LogP contribution in [-0.2, 0) is 11.3 Å². The Morgan fingerprint density at radius 2 is 1.79 bits per heavy atom. The van der Waals surface area contributed by atoms with Crippen molar-refractivity contribution in [3.63, 3.8) is 0 Å². The fourth-order valence-corrected chi connectivity index (χ4v) is 2.52. The first-order valence-corrected chi connectivity index (χ1v) is 6.89. The van der Waals surface area contributed by atoms with Crippen LogP contribution in [0, 0.1) is 0 Å². The van der Waals surface area contributed by atoms with Crippen molar-refractivity contribution in [2.45, 2.75) is 19.1 Å². The molecule has 2 aromatic rings. The van der Waals surface area contributed by atoms with Gasteiger partial charge in [0, 0.05) is 6.54 Å². The van der Waals surface area contributed by atoms with Gasteiger partial charge in [-0.1, -0.05) is 54.6 Å². The maximum Gasteiger partial charge on any atom is 0.0727 e. The van der Waals surface area contributed by atoms with E-state index >= 15 is 0 Å². The topological polar surface area (TPSA) is 21.3 Å². The smallest absolute Gasteiger partial charge is 0.0727 e. The summed E-state index contributed by atoms with van der Waals surface area (Å²) in [5.74, 6) is 0. The van der Waals surface area contributed by atoms with E-state index in [1.165, 1.54) is 16.7 Å². The first-order valence-electron chi connectivity index (χ1n) is 6.89. The third kappa shape index (κ3) is 3.03. The molecule has 1 fully saturated rings. The molecule has 1 saturated heterocycles. The molecule has 0 spiro atoms. The second kappa shape index (κ2) is 6.00. The predicted octanol–water partition coefficient (Wildman–Crippen LogP) is 3.23. The Labute approximate surface area is 114 Å². The van der Waals surface area contributed by atoms with Gasteiger partial charge in [0.05, 0.1) is 12.7 Å². The summed E-state index contributed by atoms with van der Waals surface area (Å²) in [4.78, 5) is 0. The SMILES string of the molecule is c1ccc(-c2ccccc2CO[C@@H]2CCNC2)cc1. The molecule has 1 atom stereocenters. The Morgan fingerprint density at radius 1 is 1.00 bits per heavy atom. The van der Waals surface area contributed by atoms with Crippen LogP contribution >= 0.6 is 0 Å². The minimum Gasteiger partial charge on any atom is -0.372 e. The summed E-state index contributed by atoms with van der Waals surface area (Å²) in [5.41, 5.74) is 3.79. The summed E-state index contributed by atoms with van der Waals surface area (Å²) in [6, 6.07) is 19.0. The Kier molecular flexibility index (Phi) is 3.92. The molecule has 98 valence electrons. The lowest BCUT2D eigenvalue weighted by molar-refractivity contribution is 0.0545. The highest BCUT2D eigenvalue weighted by atomic mass is 16.5. The van der Waals surface area contributed by atoms with Gasteiger partial charge in [-0.15, -0.1) is 0 Å². The van der Waals surface area contributed by atoms with Crippen LogP contribution in [0.5, 0.6) is 0 Å². The summed E-state index contributed by atoms with van der Waals surface area (Å²) in [7, 11) is 0. The minimum absolute atomic E-state index is 0.365. The molecule has 0 amide bonds. The fraction of sp³-hybridized carbons (Fsp3) is 0.294. The van der Waals surface area contributed by atoms with Crippen LogP contribution in [0.3, 0.4) is 0 Å². The largest absolute Gasteiger partial charge is 0.372 e. The second-order valence-corrected chi connectivity index (χ2v) is 4.95. The number of rotatable bonds is 4. The molecule has 0 aromatic heterocycles. The van der Waals surface area contributed by atoms with E-state index in [1.54, 1.807) is 0 Å². The van der Waals surface area contributed by atoms with Gasteiger partial charge in [-0.3, -0.25) is 0 Å². The van der Waals surface area contributed by atoms with E-state index in [9.17, 15) is 0 Å². The fourth-order valence-electron chi connectivity index (χ4n) is 2.52. The van der Waals surface area contributed by atoms with E-state index in [0.29, 0.717) is 12.7 Å². The molecule has 2 nitrogen and oxygen atoms in total. The Bertz CT molecular complexity index is 518. The summed E-state index contributed by atoms with van der Waals surface area (Å²) < 4.78 is 5.99. The van der Waals surface area contributed by atoms with Crippen molar-refractivity contribution in [3.05, 3.63) is 60.2 Å². The zero-order valence-electron chi connectivity index (χ0n) is 11.0. The standard InChI is InChI=1S/C17H19NO/c1-2-6-14(7-3-1)17-9-5-4-8-15(17)13-19-16-10-11-18-12-16/h1-9,16,18H,10-13H2/t16-/m1/s1. The molecule has 2 heteroatoms. The maximum atomic E-state index is 5.99. The Morgan fingerprint density at radius 3 is 2.58 bits per heavy atom. The van der Waals surface area contributed by atoms with Crippen molar-refractivity contribution >= 4 is 0 Å². The molecule has 1 aliphatic rings. The van der Waals surface area contributed by atoms with Crippen LogP contribution < -0.4 is 5.32 Å². The molecule has 3 rings (SSSR count). The number of hydrogen-bond acceptors (Lipinski definition) is 2. The predicted molar refractivity (Wildman–Crippen MR) is 77.9 cm³/mol. The highest BCUT2D eigenvalue weighted by Gasteiger charge is 2.15. The average molecular weight is 253 g/mol. The molecule has 1 N–H and O–H groups in total. The van der Waals surface area contributed by atoms with Crippen molar-refractivity contribution in [2.24, 2.45) is 0 Å². The third-order valence-corrected chi connectivity index (χ3v) is 3.59. The second-order valence-electron chi connectivity index (χ2n) is 4.95. The zero-order chi connectivity index (χ0) is 12.9. The van der Waals surface area contributed by atoms with Crippen LogP contribution in [0.15, 0.2) is 54.6 Å². The van der Waals surface area contributed by atoms with Crippen LogP contribution in [0.4, 0.5) is 0 Å². The van der Waals surface area contributed by atoms with E-state index in [4.69, 9.17) is 4.74 Å². The highest BCUT2D eigenvalue weighted by molar-refractivity contribution is 5.66. The highest BCUT2D eigenvalue weighted by Crippen LogP contribution is 2.24. The molecule has 0 bridgehead atoms. The van der Waals surface area contributed by atoms with E-state index in [2.05, 4.69) is 53.8 Å². The summed E-state index contributed by atoms with van der Waals surface area (Å²) in [6.07, 6.45) is 1.48. The Hall–Kier alpha value is -1.64. The van der Waals surface area contributed by atoms with Gasteiger partial charge < -0.3 is 10.1 Å². The average Bonchev–Trinajstić information content (AvgIpc) is 3.00. The molecule has 2 aromatic carbocycles. The van der Waals surface area contributed by atoms with E-state index < -0.39 is 0 Å². The minimum atomic E-state index is 0.365. The first-order chi connectivity index (χ1) is 9.43. The Balaban J connectivity index is 1.77. The number of benzene rings is 2. The van der Waals surface area contributed by atoms with Crippen molar-refractivity contribution in [1.29, 1.82) is 0 Å². The monoisotopic (exact) mass is 253 g/mol. The molecule has 0 aliphatic carbocycles. The van der Waals surface area contributed by atoms with Crippen molar-refractivity contribution in [3.8, 4) is 11.1 Å². The summed E-state index contributed by atoms with van der Waals surface area (Å²) in [6.45, 7) is 2.75. The maximum absolute atomic E-state index is 5.99. The number of hydrogen-bond donors (Lipinski definition) is 1. The molecule has 0 saturated carbocycles.